The number of hydrogen-bond donors (Lipinski definition) is 1. The predicted molar refractivity (Wildman–Crippen MR) is 82.6 cm³/mol. The maximum Gasteiger partial charge on any atom is 0.446 e. The largest absolute Gasteiger partial charge is 0.446 e. The van der Waals surface area contributed by atoms with Gasteiger partial charge in [0.1, 0.15) is 0 Å². The monoisotopic (exact) mass is 317 g/mol. The van der Waals surface area contributed by atoms with E-state index in [0.29, 0.717) is 12.0 Å². The van der Waals surface area contributed by atoms with Gasteiger partial charge >= 0.3 is 5.51 Å². The number of nitrogens with one attached hydrogen (secondary N) is 1. The van der Waals surface area contributed by atoms with Crippen molar-refractivity contribution in [2.24, 2.45) is 11.8 Å². The lowest BCUT2D eigenvalue weighted by atomic mass is 9.79. The Bertz CT molecular complexity index is 442. The molecule has 21 heavy (non-hydrogen) atoms. The van der Waals surface area contributed by atoms with Crippen LogP contribution in [0.15, 0.2) is 29.2 Å². The van der Waals surface area contributed by atoms with Crippen LogP contribution in [0.1, 0.15) is 39.5 Å². The van der Waals surface area contributed by atoms with E-state index >= 15 is 0 Å². The summed E-state index contributed by atoms with van der Waals surface area (Å²) in [7, 11) is 0. The first-order valence-corrected chi connectivity index (χ1v) is 8.27. The van der Waals surface area contributed by atoms with Gasteiger partial charge in [0.2, 0.25) is 0 Å². The molecule has 0 amide bonds. The predicted octanol–water partition coefficient (Wildman–Crippen LogP) is 5.93. The summed E-state index contributed by atoms with van der Waals surface area (Å²) < 4.78 is 36.8. The molecule has 0 heterocycles. The number of benzene rings is 1. The van der Waals surface area contributed by atoms with Gasteiger partial charge in [-0.3, -0.25) is 0 Å². The molecule has 1 N–H and O–H groups in total. The van der Waals surface area contributed by atoms with Gasteiger partial charge in [0, 0.05) is 16.6 Å². The number of anilines is 1. The van der Waals surface area contributed by atoms with Crippen molar-refractivity contribution in [3.63, 3.8) is 0 Å². The van der Waals surface area contributed by atoms with Crippen LogP contribution in [0.5, 0.6) is 0 Å². The molecule has 1 aliphatic rings. The van der Waals surface area contributed by atoms with Gasteiger partial charge in [0.05, 0.1) is 0 Å². The Balaban J connectivity index is 1.91. The summed E-state index contributed by atoms with van der Waals surface area (Å²) in [6.07, 6.45) is 4.80. The summed E-state index contributed by atoms with van der Waals surface area (Å²) in [5.74, 6) is 1.44. The molecule has 1 aromatic carbocycles. The minimum absolute atomic E-state index is 0.0680. The maximum absolute atomic E-state index is 12.3. The molecule has 0 aliphatic heterocycles. The van der Waals surface area contributed by atoms with Crippen LogP contribution in [-0.2, 0) is 0 Å². The topological polar surface area (TPSA) is 12.0 Å². The van der Waals surface area contributed by atoms with E-state index in [1.807, 2.05) is 0 Å². The first-order valence-electron chi connectivity index (χ1n) is 7.46. The SMILES string of the molecule is CC(C)C1CCCC(Nc2ccc(SC(F)(F)F)cc2)C1. The number of rotatable bonds is 4. The van der Waals surface area contributed by atoms with Crippen LogP contribution in [0, 0.1) is 11.8 Å². The summed E-state index contributed by atoms with van der Waals surface area (Å²) in [6, 6.07) is 6.99. The number of alkyl halides is 3. The van der Waals surface area contributed by atoms with E-state index in [1.165, 1.54) is 25.0 Å². The van der Waals surface area contributed by atoms with Crippen LogP contribution >= 0.6 is 11.8 Å². The summed E-state index contributed by atoms with van der Waals surface area (Å²) in [5, 5.41) is 3.47. The fraction of sp³-hybridized carbons (Fsp3) is 0.625. The molecule has 0 saturated heterocycles. The summed E-state index contributed by atoms with van der Waals surface area (Å²) >= 11 is -0.0680. The second-order valence-electron chi connectivity index (χ2n) is 6.08. The molecule has 2 atom stereocenters. The molecule has 0 spiro atoms. The molecular formula is C16H22F3NS. The van der Waals surface area contributed by atoms with E-state index in [-0.39, 0.29) is 16.7 Å². The number of thioether (sulfide) groups is 1. The molecule has 1 saturated carbocycles. The second kappa shape index (κ2) is 6.95. The van der Waals surface area contributed by atoms with Gasteiger partial charge in [-0.2, -0.15) is 13.2 Å². The molecule has 1 aliphatic carbocycles. The maximum atomic E-state index is 12.3. The summed E-state index contributed by atoms with van der Waals surface area (Å²) in [5.41, 5.74) is -3.31. The molecule has 1 fully saturated rings. The molecular weight excluding hydrogens is 295 g/mol. The van der Waals surface area contributed by atoms with Crippen LogP contribution in [-0.4, -0.2) is 11.6 Å². The Labute approximate surface area is 128 Å². The van der Waals surface area contributed by atoms with Crippen molar-refractivity contribution < 1.29 is 13.2 Å². The van der Waals surface area contributed by atoms with Crippen LogP contribution in [0.3, 0.4) is 0 Å². The first-order chi connectivity index (χ1) is 9.83. The highest BCUT2D eigenvalue weighted by molar-refractivity contribution is 8.00. The van der Waals surface area contributed by atoms with Gasteiger partial charge < -0.3 is 5.32 Å². The zero-order valence-corrected chi connectivity index (χ0v) is 13.2. The van der Waals surface area contributed by atoms with Crippen molar-refractivity contribution in [1.29, 1.82) is 0 Å². The van der Waals surface area contributed by atoms with Gasteiger partial charge in [0.25, 0.3) is 0 Å². The van der Waals surface area contributed by atoms with Crippen molar-refractivity contribution in [1.82, 2.24) is 0 Å². The second-order valence-corrected chi connectivity index (χ2v) is 7.22. The lowest BCUT2D eigenvalue weighted by Crippen LogP contribution is -2.29. The Morgan fingerprint density at radius 1 is 1.14 bits per heavy atom. The van der Waals surface area contributed by atoms with Gasteiger partial charge in [-0.25, -0.2) is 0 Å². The zero-order valence-electron chi connectivity index (χ0n) is 12.4. The third-order valence-corrected chi connectivity index (χ3v) is 4.86. The molecule has 2 rings (SSSR count). The molecule has 0 radical (unpaired) electrons. The number of hydrogen-bond acceptors (Lipinski definition) is 2. The minimum Gasteiger partial charge on any atom is -0.382 e. The first kappa shape index (κ1) is 16.5. The third-order valence-electron chi connectivity index (χ3n) is 4.12. The van der Waals surface area contributed by atoms with E-state index < -0.39 is 5.51 Å². The molecule has 118 valence electrons. The number of halogens is 3. The lowest BCUT2D eigenvalue weighted by Gasteiger charge is -2.32. The van der Waals surface area contributed by atoms with Crippen molar-refractivity contribution >= 4 is 17.4 Å². The quantitative estimate of drug-likeness (QED) is 0.691. The molecule has 0 aromatic heterocycles. The van der Waals surface area contributed by atoms with Crippen LogP contribution in [0.4, 0.5) is 18.9 Å². The van der Waals surface area contributed by atoms with E-state index in [4.69, 9.17) is 0 Å². The minimum atomic E-state index is -4.22. The fourth-order valence-corrected chi connectivity index (χ4v) is 3.49. The molecule has 5 heteroatoms. The lowest BCUT2D eigenvalue weighted by molar-refractivity contribution is -0.0328. The van der Waals surface area contributed by atoms with E-state index in [2.05, 4.69) is 19.2 Å². The standard InChI is InChI=1S/C16H22F3NS/c1-11(2)12-4-3-5-14(10-12)20-13-6-8-15(9-7-13)21-16(17,18)19/h6-9,11-12,14,20H,3-5,10H2,1-2H3. The Morgan fingerprint density at radius 2 is 1.81 bits per heavy atom. The van der Waals surface area contributed by atoms with Crippen molar-refractivity contribution in [2.45, 2.75) is 56.0 Å². The van der Waals surface area contributed by atoms with Crippen molar-refractivity contribution in [3.05, 3.63) is 24.3 Å². The Kier molecular flexibility index (Phi) is 5.47. The fourth-order valence-electron chi connectivity index (χ4n) is 2.95. The van der Waals surface area contributed by atoms with Crippen LogP contribution < -0.4 is 5.32 Å². The van der Waals surface area contributed by atoms with Gasteiger partial charge in [-0.15, -0.1) is 0 Å². The van der Waals surface area contributed by atoms with E-state index in [1.54, 1.807) is 12.1 Å². The van der Waals surface area contributed by atoms with Crippen LogP contribution in [0.2, 0.25) is 0 Å². The van der Waals surface area contributed by atoms with Crippen molar-refractivity contribution in [2.75, 3.05) is 5.32 Å². The average Bonchev–Trinajstić information content (AvgIpc) is 2.40. The highest BCUT2D eigenvalue weighted by atomic mass is 32.2. The molecule has 2 unspecified atom stereocenters. The van der Waals surface area contributed by atoms with Gasteiger partial charge in [-0.05, 0) is 60.7 Å². The molecule has 0 bridgehead atoms. The average molecular weight is 317 g/mol. The Morgan fingerprint density at radius 3 is 2.38 bits per heavy atom. The van der Waals surface area contributed by atoms with Crippen LogP contribution in [0.25, 0.3) is 0 Å². The van der Waals surface area contributed by atoms with Gasteiger partial charge in [-0.1, -0.05) is 26.7 Å². The van der Waals surface area contributed by atoms with Crippen molar-refractivity contribution in [3.8, 4) is 0 Å². The zero-order chi connectivity index (χ0) is 15.5. The third kappa shape index (κ3) is 5.46. The smallest absolute Gasteiger partial charge is 0.382 e. The summed E-state index contributed by atoms with van der Waals surface area (Å²) in [6.45, 7) is 4.52. The Hall–Kier alpha value is -0.840. The normalized spacial score (nSPS) is 23.3. The van der Waals surface area contributed by atoms with E-state index in [9.17, 15) is 13.2 Å². The van der Waals surface area contributed by atoms with Gasteiger partial charge in [0.15, 0.2) is 0 Å². The molecule has 1 aromatic rings. The molecule has 1 nitrogen and oxygen atoms in total. The summed E-state index contributed by atoms with van der Waals surface area (Å²) in [4.78, 5) is 0.233. The highest BCUT2D eigenvalue weighted by Crippen LogP contribution is 2.37. The van der Waals surface area contributed by atoms with E-state index in [0.717, 1.165) is 24.4 Å². The highest BCUT2D eigenvalue weighted by Gasteiger charge is 2.29.